The van der Waals surface area contributed by atoms with Crippen LogP contribution >= 0.6 is 0 Å². The van der Waals surface area contributed by atoms with Gasteiger partial charge in [0.25, 0.3) is 0 Å². The summed E-state index contributed by atoms with van der Waals surface area (Å²) in [7, 11) is 1.69. The Kier molecular flexibility index (Phi) is 5.96. The molecule has 1 rings (SSSR count). The van der Waals surface area contributed by atoms with Crippen LogP contribution < -0.4 is 0 Å². The predicted octanol–water partition coefficient (Wildman–Crippen LogP) is 3.66. The van der Waals surface area contributed by atoms with E-state index in [1.807, 2.05) is 13.8 Å². The van der Waals surface area contributed by atoms with Gasteiger partial charge in [-0.2, -0.15) is 0 Å². The first-order valence-electron chi connectivity index (χ1n) is 6.86. The van der Waals surface area contributed by atoms with Crippen LogP contribution in [0.1, 0.15) is 39.5 Å². The van der Waals surface area contributed by atoms with Crippen molar-refractivity contribution in [3.63, 3.8) is 0 Å². The van der Waals surface area contributed by atoms with Gasteiger partial charge in [0.1, 0.15) is 0 Å². The molecule has 2 unspecified atom stereocenters. The summed E-state index contributed by atoms with van der Waals surface area (Å²) < 4.78 is 31.2. The average molecular weight is 258 g/mol. The molecule has 4 heteroatoms. The van der Waals surface area contributed by atoms with Gasteiger partial charge < -0.3 is 0 Å². The van der Waals surface area contributed by atoms with Crippen molar-refractivity contribution in [1.82, 2.24) is 0 Å². The zero-order valence-corrected chi connectivity index (χ0v) is 11.8. The van der Waals surface area contributed by atoms with Crippen LogP contribution in [-0.2, 0) is 4.74 Å². The molecule has 1 saturated carbocycles. The van der Waals surface area contributed by atoms with E-state index in [1.165, 1.54) is 0 Å². The molecule has 0 radical (unpaired) electrons. The van der Waals surface area contributed by atoms with E-state index in [4.69, 9.17) is 4.74 Å². The molecule has 1 aliphatic carbocycles. The predicted molar refractivity (Wildman–Crippen MR) is 73.7 cm³/mol. The van der Waals surface area contributed by atoms with E-state index in [0.717, 1.165) is 19.4 Å². The number of ether oxygens (including phenoxy) is 1. The van der Waals surface area contributed by atoms with Gasteiger partial charge in [0.15, 0.2) is 0 Å². The summed E-state index contributed by atoms with van der Waals surface area (Å²) in [5.41, 5.74) is -0.689. The summed E-state index contributed by atoms with van der Waals surface area (Å²) >= 11 is 0. The fraction of sp³-hybridized carbons (Fsp3) is 0.929. The SMILES string of the molecule is C=B[C@@H](CC(C)COC)CC(C)C1(C(F)F)CC1. The molecule has 1 aliphatic rings. The van der Waals surface area contributed by atoms with E-state index in [1.54, 1.807) is 7.11 Å². The Morgan fingerprint density at radius 3 is 2.28 bits per heavy atom. The second-order valence-electron chi connectivity index (χ2n) is 5.96. The topological polar surface area (TPSA) is 9.23 Å². The van der Waals surface area contributed by atoms with Crippen LogP contribution in [0.25, 0.3) is 0 Å². The van der Waals surface area contributed by atoms with Crippen LogP contribution in [-0.4, -0.2) is 33.5 Å². The molecule has 1 fully saturated rings. The van der Waals surface area contributed by atoms with Gasteiger partial charge in [-0.15, -0.1) is 0 Å². The van der Waals surface area contributed by atoms with Crippen molar-refractivity contribution in [1.29, 1.82) is 0 Å². The molecular formula is C14H25BF2O. The molecular weight excluding hydrogens is 233 g/mol. The van der Waals surface area contributed by atoms with E-state index in [9.17, 15) is 8.78 Å². The van der Waals surface area contributed by atoms with Gasteiger partial charge in [-0.05, 0) is 0 Å². The third-order valence-electron chi connectivity index (χ3n) is 4.39. The zero-order chi connectivity index (χ0) is 13.8. The number of methoxy groups -OCH3 is 1. The van der Waals surface area contributed by atoms with Gasteiger partial charge >= 0.3 is 110 Å². The van der Waals surface area contributed by atoms with E-state index in [0.29, 0.717) is 24.6 Å². The number of hydrogen-bond acceptors (Lipinski definition) is 1. The molecule has 0 aromatic heterocycles. The van der Waals surface area contributed by atoms with Crippen molar-refractivity contribution < 1.29 is 13.5 Å². The van der Waals surface area contributed by atoms with Crippen LogP contribution in [0, 0.1) is 17.3 Å². The summed E-state index contributed by atoms with van der Waals surface area (Å²) in [5, 5.41) is 0. The Bertz CT molecular complexity index is 267. The van der Waals surface area contributed by atoms with Crippen molar-refractivity contribution in [2.24, 2.45) is 17.3 Å². The monoisotopic (exact) mass is 258 g/mol. The summed E-state index contributed by atoms with van der Waals surface area (Å²) in [5.74, 6) is 0.850. The van der Waals surface area contributed by atoms with Crippen molar-refractivity contribution in [3.05, 3.63) is 0 Å². The van der Waals surface area contributed by atoms with Gasteiger partial charge in [-0.3, -0.25) is 0 Å². The molecule has 0 aromatic rings. The van der Waals surface area contributed by atoms with Crippen molar-refractivity contribution in [3.8, 4) is 0 Å². The van der Waals surface area contributed by atoms with Gasteiger partial charge in [0, 0.05) is 0 Å². The fourth-order valence-electron chi connectivity index (χ4n) is 2.92. The standard InChI is InChI=1S/C14H25BF2O/c1-10(9-18-4)7-12(15-3)8-11(2)14(5-6-14)13(16)17/h10-13H,3,5-9H2,1-2,4H3/t10?,11?,12-/m0/s1. The first-order chi connectivity index (χ1) is 8.46. The van der Waals surface area contributed by atoms with Gasteiger partial charge in [0.05, 0.1) is 0 Å². The third-order valence-corrected chi connectivity index (χ3v) is 4.39. The normalized spacial score (nSPS) is 22.3. The second kappa shape index (κ2) is 6.79. The van der Waals surface area contributed by atoms with Gasteiger partial charge in [-0.1, -0.05) is 0 Å². The second-order valence-corrected chi connectivity index (χ2v) is 5.96. The molecule has 0 N–H and O–H groups in total. The van der Waals surface area contributed by atoms with E-state index in [2.05, 4.69) is 13.4 Å². The van der Waals surface area contributed by atoms with Crippen molar-refractivity contribution >= 4 is 13.4 Å². The summed E-state index contributed by atoms with van der Waals surface area (Å²) in [6.45, 7) is 10.6. The Morgan fingerprint density at radius 1 is 1.28 bits per heavy atom. The summed E-state index contributed by atoms with van der Waals surface area (Å²) in [6.07, 6.45) is 0.990. The molecule has 0 saturated heterocycles. The first kappa shape index (κ1) is 15.8. The number of alkyl halides is 2. The number of halogens is 2. The van der Waals surface area contributed by atoms with Crippen LogP contribution in [0.2, 0.25) is 5.82 Å². The third kappa shape index (κ3) is 3.87. The van der Waals surface area contributed by atoms with Crippen LogP contribution in [0.3, 0.4) is 0 Å². The Labute approximate surface area is 110 Å². The first-order valence-corrected chi connectivity index (χ1v) is 6.86. The minimum absolute atomic E-state index is 0.0789. The molecule has 0 spiro atoms. The molecule has 0 bridgehead atoms. The molecule has 3 atom stereocenters. The minimum atomic E-state index is -2.17. The molecule has 1 nitrogen and oxygen atoms in total. The van der Waals surface area contributed by atoms with E-state index < -0.39 is 11.8 Å². The molecule has 18 heavy (non-hydrogen) atoms. The summed E-state index contributed by atoms with van der Waals surface area (Å²) in [4.78, 5) is 0. The maximum atomic E-state index is 13.0. The van der Waals surface area contributed by atoms with E-state index in [-0.39, 0.29) is 5.92 Å². The quantitative estimate of drug-likeness (QED) is 0.573. The Morgan fingerprint density at radius 2 is 1.89 bits per heavy atom. The molecule has 0 aromatic carbocycles. The fourth-order valence-corrected chi connectivity index (χ4v) is 2.92. The molecule has 0 amide bonds. The van der Waals surface area contributed by atoms with Crippen LogP contribution in [0.5, 0.6) is 0 Å². The summed E-state index contributed by atoms with van der Waals surface area (Å²) in [6, 6.07) is 0. The number of hydrogen-bond donors (Lipinski definition) is 0. The Balaban J connectivity index is 2.45. The maximum absolute atomic E-state index is 13.0. The van der Waals surface area contributed by atoms with Gasteiger partial charge in [0.2, 0.25) is 0 Å². The van der Waals surface area contributed by atoms with Crippen molar-refractivity contribution in [2.45, 2.75) is 51.8 Å². The molecule has 0 aliphatic heterocycles. The van der Waals surface area contributed by atoms with Crippen LogP contribution in [0.15, 0.2) is 0 Å². The van der Waals surface area contributed by atoms with Gasteiger partial charge in [-0.25, -0.2) is 0 Å². The molecule has 0 heterocycles. The van der Waals surface area contributed by atoms with E-state index >= 15 is 0 Å². The zero-order valence-electron chi connectivity index (χ0n) is 11.8. The molecule has 104 valence electrons. The van der Waals surface area contributed by atoms with Crippen molar-refractivity contribution in [2.75, 3.05) is 13.7 Å². The van der Waals surface area contributed by atoms with Crippen LogP contribution in [0.4, 0.5) is 8.78 Å². The Hall–Kier alpha value is -0.245. The average Bonchev–Trinajstić information content (AvgIpc) is 3.09. The number of rotatable bonds is 9.